The quantitative estimate of drug-likeness (QED) is 0.665. The molecule has 1 heterocycles. The van der Waals surface area contributed by atoms with Gasteiger partial charge in [-0.1, -0.05) is 35.5 Å². The number of aromatic nitrogens is 3. The van der Waals surface area contributed by atoms with Crippen molar-refractivity contribution in [3.63, 3.8) is 0 Å². The summed E-state index contributed by atoms with van der Waals surface area (Å²) in [6, 6.07) is 8.99. The Morgan fingerprint density at radius 3 is 2.57 bits per heavy atom. The lowest BCUT2D eigenvalue weighted by Crippen LogP contribution is -2.20. The molecule has 0 atom stereocenters. The highest BCUT2D eigenvalue weighted by atomic mass is 32.2. The van der Waals surface area contributed by atoms with Gasteiger partial charge in [0.1, 0.15) is 0 Å². The minimum atomic E-state index is -3.22. The van der Waals surface area contributed by atoms with Crippen LogP contribution >= 0.6 is 0 Å². The van der Waals surface area contributed by atoms with E-state index in [1.165, 1.54) is 10.9 Å². The van der Waals surface area contributed by atoms with Crippen LogP contribution in [-0.4, -0.2) is 46.3 Å². The van der Waals surface area contributed by atoms with Crippen LogP contribution in [0.5, 0.6) is 0 Å². The van der Waals surface area contributed by atoms with Crippen molar-refractivity contribution in [2.75, 3.05) is 5.75 Å². The van der Waals surface area contributed by atoms with Gasteiger partial charge in [-0.15, -0.1) is 5.10 Å². The molecule has 1 aromatic heterocycles. The highest BCUT2D eigenvalue weighted by molar-refractivity contribution is 7.90. The number of sulfone groups is 1. The third-order valence-corrected chi connectivity index (χ3v) is 4.43. The van der Waals surface area contributed by atoms with Gasteiger partial charge in [-0.05, 0) is 5.56 Å². The fraction of sp³-hybridized carbons (Fsp3) is 0.333. The maximum atomic E-state index is 12.0. The zero-order valence-electron chi connectivity index (χ0n) is 11.3. The van der Waals surface area contributed by atoms with E-state index in [9.17, 15) is 8.42 Å². The van der Waals surface area contributed by atoms with Gasteiger partial charge in [-0.3, -0.25) is 4.68 Å². The molecule has 7 nitrogen and oxygen atoms in total. The molecule has 1 aromatic carbocycles. The molecule has 0 aliphatic heterocycles. The monoisotopic (exact) mass is 309 g/mol. The van der Waals surface area contributed by atoms with Gasteiger partial charge in [0.15, 0.2) is 9.84 Å². The molecule has 0 aliphatic rings. The molecular formula is C12H16BN3O4S. The molecule has 112 valence electrons. The minimum absolute atomic E-state index is 0.00265. The average Bonchev–Trinajstić information content (AvgIpc) is 2.84. The Morgan fingerprint density at radius 1 is 1.19 bits per heavy atom. The summed E-state index contributed by atoms with van der Waals surface area (Å²) in [5, 5.41) is 25.1. The second-order valence-electron chi connectivity index (χ2n) is 4.74. The Hall–Kier alpha value is -1.71. The molecule has 0 saturated carbocycles. The van der Waals surface area contributed by atoms with Crippen molar-refractivity contribution >= 4 is 17.0 Å². The molecule has 21 heavy (non-hydrogen) atoms. The molecule has 0 aliphatic carbocycles. The van der Waals surface area contributed by atoms with Crippen molar-refractivity contribution in [1.29, 1.82) is 0 Å². The van der Waals surface area contributed by atoms with E-state index in [-0.39, 0.29) is 24.4 Å². The highest BCUT2D eigenvalue weighted by Crippen LogP contribution is 2.08. The number of hydrogen-bond acceptors (Lipinski definition) is 6. The van der Waals surface area contributed by atoms with E-state index >= 15 is 0 Å². The first-order valence-corrected chi connectivity index (χ1v) is 8.26. The van der Waals surface area contributed by atoms with E-state index in [2.05, 4.69) is 10.3 Å². The van der Waals surface area contributed by atoms with Crippen LogP contribution in [0.1, 0.15) is 11.3 Å². The molecule has 0 fully saturated rings. The smallest absolute Gasteiger partial charge is 0.426 e. The molecule has 9 heteroatoms. The van der Waals surface area contributed by atoms with E-state index in [0.717, 1.165) is 5.56 Å². The first-order chi connectivity index (χ1) is 9.94. The number of aryl methyl sites for hydroxylation is 1. The van der Waals surface area contributed by atoms with Crippen molar-refractivity contribution in [2.24, 2.45) is 0 Å². The Kier molecular flexibility index (Phi) is 5.10. The molecule has 2 aromatic rings. The first kappa shape index (κ1) is 15.7. The number of hydrogen-bond donors (Lipinski definition) is 2. The van der Waals surface area contributed by atoms with Gasteiger partial charge in [0.25, 0.3) is 0 Å². The normalized spacial score (nSPS) is 11.5. The van der Waals surface area contributed by atoms with E-state index < -0.39 is 17.0 Å². The Morgan fingerprint density at radius 2 is 1.90 bits per heavy atom. The fourth-order valence-corrected chi connectivity index (χ4v) is 3.23. The number of nitrogens with zero attached hydrogens (tertiary/aromatic N) is 3. The van der Waals surface area contributed by atoms with Crippen LogP contribution < -0.4 is 0 Å². The van der Waals surface area contributed by atoms with Crippen LogP contribution in [0, 0.1) is 0 Å². The predicted octanol–water partition coefficient (Wildman–Crippen LogP) is -0.552. The van der Waals surface area contributed by atoms with Crippen molar-refractivity contribution in [2.45, 2.75) is 18.6 Å². The molecule has 0 unspecified atom stereocenters. The fourth-order valence-electron chi connectivity index (χ4n) is 1.87. The minimum Gasteiger partial charge on any atom is -0.426 e. The van der Waals surface area contributed by atoms with E-state index in [1.54, 1.807) is 24.3 Å². The Bertz CT molecular complexity index is 673. The number of benzene rings is 1. The molecule has 0 saturated heterocycles. The summed E-state index contributed by atoms with van der Waals surface area (Å²) in [4.78, 5) is 0. The summed E-state index contributed by atoms with van der Waals surface area (Å²) in [5.74, 6) is -0.0282. The highest BCUT2D eigenvalue weighted by Gasteiger charge is 2.14. The summed E-state index contributed by atoms with van der Waals surface area (Å²) in [6.45, 7) is 0. The van der Waals surface area contributed by atoms with Crippen LogP contribution in [0.2, 0.25) is 0 Å². The van der Waals surface area contributed by atoms with Gasteiger partial charge in [0.05, 0.1) is 23.6 Å². The van der Waals surface area contributed by atoms with E-state index in [0.29, 0.717) is 5.69 Å². The van der Waals surface area contributed by atoms with Gasteiger partial charge in [-0.25, -0.2) is 8.42 Å². The lowest BCUT2D eigenvalue weighted by Gasteiger charge is -2.03. The average molecular weight is 309 g/mol. The van der Waals surface area contributed by atoms with Gasteiger partial charge < -0.3 is 10.0 Å². The second-order valence-corrected chi connectivity index (χ2v) is 6.92. The van der Waals surface area contributed by atoms with Crippen molar-refractivity contribution in [1.82, 2.24) is 15.0 Å². The summed E-state index contributed by atoms with van der Waals surface area (Å²) >= 11 is 0. The van der Waals surface area contributed by atoms with Crippen LogP contribution in [0.4, 0.5) is 0 Å². The van der Waals surface area contributed by atoms with E-state index in [1.807, 2.05) is 6.07 Å². The maximum Gasteiger partial charge on any atom is 0.474 e. The zero-order valence-corrected chi connectivity index (χ0v) is 12.1. The van der Waals surface area contributed by atoms with Crippen LogP contribution in [0.15, 0.2) is 36.5 Å². The standard InChI is InChI=1S/C12H16BN3O4S/c17-13(18)10-16-8-12(14-15-16)6-7-21(19,20)9-11-4-2-1-3-5-11/h1-5,8,17-18H,6-7,9-10H2. The van der Waals surface area contributed by atoms with Crippen molar-refractivity contribution < 1.29 is 18.5 Å². The topological polar surface area (TPSA) is 105 Å². The summed E-state index contributed by atoms with van der Waals surface area (Å²) in [5.41, 5.74) is 1.26. The zero-order chi connectivity index (χ0) is 15.3. The molecule has 2 N–H and O–H groups in total. The van der Waals surface area contributed by atoms with Crippen molar-refractivity contribution in [3.05, 3.63) is 47.8 Å². The Labute approximate surface area is 123 Å². The van der Waals surface area contributed by atoms with Crippen LogP contribution in [0.3, 0.4) is 0 Å². The van der Waals surface area contributed by atoms with Gasteiger partial charge >= 0.3 is 7.12 Å². The molecule has 0 spiro atoms. The number of rotatable bonds is 7. The molecule has 2 rings (SSSR count). The largest absolute Gasteiger partial charge is 0.474 e. The molecule has 0 amide bonds. The summed E-state index contributed by atoms with van der Waals surface area (Å²) in [6.07, 6.45) is 1.66. The van der Waals surface area contributed by atoms with E-state index in [4.69, 9.17) is 10.0 Å². The van der Waals surface area contributed by atoms with Crippen LogP contribution in [-0.2, 0) is 28.5 Å². The van der Waals surface area contributed by atoms with Gasteiger partial charge in [0.2, 0.25) is 0 Å². The third-order valence-electron chi connectivity index (χ3n) is 2.84. The SMILES string of the molecule is O=S(=O)(CCc1cn(CB(O)O)nn1)Cc1ccccc1. The van der Waals surface area contributed by atoms with Gasteiger partial charge in [0, 0.05) is 12.6 Å². The Balaban J connectivity index is 1.91. The first-order valence-electron chi connectivity index (χ1n) is 6.44. The lowest BCUT2D eigenvalue weighted by molar-refractivity contribution is 0.386. The van der Waals surface area contributed by atoms with Crippen molar-refractivity contribution in [3.8, 4) is 0 Å². The summed E-state index contributed by atoms with van der Waals surface area (Å²) in [7, 11) is -4.74. The molecule has 0 radical (unpaired) electrons. The molecule has 0 bridgehead atoms. The maximum absolute atomic E-state index is 12.0. The summed E-state index contributed by atoms with van der Waals surface area (Å²) < 4.78 is 25.3. The third kappa shape index (κ3) is 5.29. The second kappa shape index (κ2) is 6.84. The van der Waals surface area contributed by atoms with Crippen LogP contribution in [0.25, 0.3) is 0 Å². The molecular weight excluding hydrogens is 293 g/mol. The predicted molar refractivity (Wildman–Crippen MR) is 77.9 cm³/mol. The lowest BCUT2D eigenvalue weighted by atomic mass is 9.93. The van der Waals surface area contributed by atoms with Gasteiger partial charge in [-0.2, -0.15) is 0 Å².